The average Bonchev–Trinajstić information content (AvgIpc) is 2.65. The lowest BCUT2D eigenvalue weighted by molar-refractivity contribution is -0.137. The zero-order valence-electron chi connectivity index (χ0n) is 16.0. The summed E-state index contributed by atoms with van der Waals surface area (Å²) in [6, 6.07) is 7.48. The number of aryl methyl sites for hydroxylation is 1. The Hall–Kier alpha value is -2.31. The van der Waals surface area contributed by atoms with Gasteiger partial charge >= 0.3 is 12.2 Å². The van der Waals surface area contributed by atoms with Gasteiger partial charge in [-0.3, -0.25) is 0 Å². The van der Waals surface area contributed by atoms with Crippen molar-refractivity contribution in [2.45, 2.75) is 52.1 Å². The van der Waals surface area contributed by atoms with E-state index in [1.807, 2.05) is 25.1 Å². The predicted molar refractivity (Wildman–Crippen MR) is 101 cm³/mol. The molecule has 0 aliphatic carbocycles. The molecule has 2 rings (SSSR count). The number of aromatic nitrogens is 2. The summed E-state index contributed by atoms with van der Waals surface area (Å²) in [5.41, 5.74) is 0.859. The molecule has 0 aliphatic rings. The first-order valence-electron chi connectivity index (χ1n) is 9.26. The number of hydrogen-bond acceptors (Lipinski definition) is 4. The Morgan fingerprint density at radius 2 is 1.89 bits per heavy atom. The van der Waals surface area contributed by atoms with E-state index < -0.39 is 11.7 Å². The van der Waals surface area contributed by atoms with Crippen LogP contribution in [0.1, 0.15) is 50.7 Å². The Kier molecular flexibility index (Phi) is 7.45. The van der Waals surface area contributed by atoms with Crippen LogP contribution < -0.4 is 9.64 Å². The Balaban J connectivity index is 2.35. The second-order valence-electron chi connectivity index (χ2n) is 6.42. The van der Waals surface area contributed by atoms with Gasteiger partial charge < -0.3 is 9.64 Å². The highest BCUT2D eigenvalue weighted by Crippen LogP contribution is 2.37. The van der Waals surface area contributed by atoms with E-state index >= 15 is 0 Å². The minimum absolute atomic E-state index is 0.0502. The highest BCUT2D eigenvalue weighted by atomic mass is 19.4. The van der Waals surface area contributed by atoms with Gasteiger partial charge in [0.05, 0.1) is 6.61 Å². The molecule has 0 aliphatic heterocycles. The molecular weight excluding hydrogens is 355 g/mol. The van der Waals surface area contributed by atoms with Crippen LogP contribution in [0.2, 0.25) is 0 Å². The van der Waals surface area contributed by atoms with Crippen LogP contribution in [0.3, 0.4) is 0 Å². The van der Waals surface area contributed by atoms with E-state index in [2.05, 4.69) is 16.9 Å². The molecule has 0 amide bonds. The molecule has 1 aromatic carbocycles. The van der Waals surface area contributed by atoms with Crippen molar-refractivity contribution in [1.29, 1.82) is 0 Å². The van der Waals surface area contributed by atoms with Crippen LogP contribution in [0.4, 0.5) is 24.7 Å². The third-order valence-electron chi connectivity index (χ3n) is 4.17. The van der Waals surface area contributed by atoms with Crippen molar-refractivity contribution in [2.24, 2.45) is 0 Å². The summed E-state index contributed by atoms with van der Waals surface area (Å²) in [5.74, 6) is -0.214. The molecule has 0 bridgehead atoms. The third kappa shape index (κ3) is 5.84. The van der Waals surface area contributed by atoms with Crippen molar-refractivity contribution in [3.05, 3.63) is 41.6 Å². The Morgan fingerprint density at radius 1 is 1.11 bits per heavy atom. The largest absolute Gasteiger partial charge is 0.463 e. The van der Waals surface area contributed by atoms with Gasteiger partial charge in [-0.25, -0.2) is 4.98 Å². The van der Waals surface area contributed by atoms with Gasteiger partial charge in [0.1, 0.15) is 5.56 Å². The standard InChI is InChI=1S/C20H26F3N3O/c1-4-6-7-9-15-10-8-11-16(13-15)26(3)18-17(20(21,22)23)14-24-19(25-18)27-12-5-2/h8,10-11,13-14H,4-7,9,12H2,1-3H3. The number of rotatable bonds is 9. The van der Waals surface area contributed by atoms with E-state index in [1.165, 1.54) is 4.90 Å². The van der Waals surface area contributed by atoms with Gasteiger partial charge in [-0.1, -0.05) is 38.8 Å². The number of anilines is 2. The van der Waals surface area contributed by atoms with Crippen LogP contribution in [0, 0.1) is 0 Å². The van der Waals surface area contributed by atoms with E-state index in [0.717, 1.165) is 43.9 Å². The Labute approximate surface area is 158 Å². The third-order valence-corrected chi connectivity index (χ3v) is 4.17. The van der Waals surface area contributed by atoms with Gasteiger partial charge in [0.15, 0.2) is 5.82 Å². The number of nitrogens with zero attached hydrogens (tertiary/aromatic N) is 3. The second-order valence-corrected chi connectivity index (χ2v) is 6.42. The number of halogens is 3. The second kappa shape index (κ2) is 9.58. The topological polar surface area (TPSA) is 38.2 Å². The molecule has 0 fully saturated rings. The lowest BCUT2D eigenvalue weighted by atomic mass is 10.1. The number of alkyl halides is 3. The molecule has 148 valence electrons. The zero-order chi connectivity index (χ0) is 19.9. The van der Waals surface area contributed by atoms with Gasteiger partial charge in [-0.15, -0.1) is 0 Å². The molecule has 7 heteroatoms. The summed E-state index contributed by atoms with van der Waals surface area (Å²) in [4.78, 5) is 9.17. The fraction of sp³-hybridized carbons (Fsp3) is 0.500. The fourth-order valence-electron chi connectivity index (χ4n) is 2.70. The lowest BCUT2D eigenvalue weighted by Crippen LogP contribution is -2.19. The molecule has 4 nitrogen and oxygen atoms in total. The zero-order valence-corrected chi connectivity index (χ0v) is 16.0. The lowest BCUT2D eigenvalue weighted by Gasteiger charge is -2.23. The minimum Gasteiger partial charge on any atom is -0.463 e. The van der Waals surface area contributed by atoms with E-state index in [9.17, 15) is 13.2 Å². The molecule has 1 heterocycles. The fourth-order valence-corrected chi connectivity index (χ4v) is 2.70. The van der Waals surface area contributed by atoms with Gasteiger partial charge in [0.25, 0.3) is 0 Å². The highest BCUT2D eigenvalue weighted by Gasteiger charge is 2.36. The van der Waals surface area contributed by atoms with Crippen LogP contribution >= 0.6 is 0 Å². The summed E-state index contributed by atoms with van der Waals surface area (Å²) < 4.78 is 45.7. The van der Waals surface area contributed by atoms with E-state index in [0.29, 0.717) is 12.3 Å². The van der Waals surface area contributed by atoms with Crippen LogP contribution in [0.5, 0.6) is 6.01 Å². The molecule has 0 unspecified atom stereocenters. The molecule has 0 spiro atoms. The first-order valence-corrected chi connectivity index (χ1v) is 9.26. The maximum Gasteiger partial charge on any atom is 0.421 e. The number of unbranched alkanes of at least 4 members (excludes halogenated alkanes) is 2. The van der Waals surface area contributed by atoms with Crippen LogP contribution in [-0.2, 0) is 12.6 Å². The maximum absolute atomic E-state index is 13.4. The molecule has 0 saturated heterocycles. The highest BCUT2D eigenvalue weighted by molar-refractivity contribution is 5.63. The van der Waals surface area contributed by atoms with E-state index in [-0.39, 0.29) is 11.8 Å². The minimum atomic E-state index is -4.55. The van der Waals surface area contributed by atoms with E-state index in [4.69, 9.17) is 4.74 Å². The molecule has 0 saturated carbocycles. The number of ether oxygens (including phenoxy) is 1. The molecule has 0 radical (unpaired) electrons. The van der Waals surface area contributed by atoms with Gasteiger partial charge in [-0.2, -0.15) is 18.2 Å². The SMILES string of the molecule is CCCCCc1cccc(N(C)c2nc(OCCC)ncc2C(F)(F)F)c1. The first kappa shape index (κ1) is 21.0. The normalized spacial score (nSPS) is 11.5. The van der Waals surface area contributed by atoms with Crippen molar-refractivity contribution in [2.75, 3.05) is 18.6 Å². The van der Waals surface area contributed by atoms with Crippen LogP contribution in [-0.4, -0.2) is 23.6 Å². The average molecular weight is 381 g/mol. The van der Waals surface area contributed by atoms with Crippen molar-refractivity contribution in [1.82, 2.24) is 9.97 Å². The summed E-state index contributed by atoms with van der Waals surface area (Å²) in [7, 11) is 1.58. The molecule has 2 aromatic rings. The van der Waals surface area contributed by atoms with Crippen molar-refractivity contribution < 1.29 is 17.9 Å². The maximum atomic E-state index is 13.4. The van der Waals surface area contributed by atoms with Gasteiger partial charge in [0, 0.05) is 18.9 Å². The Bertz CT molecular complexity index is 735. The van der Waals surface area contributed by atoms with Crippen molar-refractivity contribution in [3.8, 4) is 6.01 Å². The van der Waals surface area contributed by atoms with Crippen LogP contribution in [0.25, 0.3) is 0 Å². The van der Waals surface area contributed by atoms with Crippen molar-refractivity contribution in [3.63, 3.8) is 0 Å². The number of hydrogen-bond donors (Lipinski definition) is 0. The van der Waals surface area contributed by atoms with Gasteiger partial charge in [0.2, 0.25) is 0 Å². The first-order chi connectivity index (χ1) is 12.9. The van der Waals surface area contributed by atoms with Crippen molar-refractivity contribution >= 4 is 11.5 Å². The summed E-state index contributed by atoms with van der Waals surface area (Å²) >= 11 is 0. The Morgan fingerprint density at radius 3 is 2.56 bits per heavy atom. The summed E-state index contributed by atoms with van der Waals surface area (Å²) in [6.07, 6.45) is 1.16. The summed E-state index contributed by atoms with van der Waals surface area (Å²) in [5, 5.41) is 0. The number of benzene rings is 1. The molecule has 1 aromatic heterocycles. The molecule has 0 atom stereocenters. The quantitative estimate of drug-likeness (QED) is 0.516. The summed E-state index contributed by atoms with van der Waals surface area (Å²) in [6.45, 7) is 4.39. The van der Waals surface area contributed by atoms with E-state index in [1.54, 1.807) is 13.1 Å². The molecule has 0 N–H and O–H groups in total. The predicted octanol–water partition coefficient (Wildman–Crippen LogP) is 5.78. The monoisotopic (exact) mass is 381 g/mol. The van der Waals surface area contributed by atoms with Gasteiger partial charge in [-0.05, 0) is 37.0 Å². The molecular formula is C20H26F3N3O. The van der Waals surface area contributed by atoms with Crippen LogP contribution in [0.15, 0.2) is 30.5 Å². The molecule has 27 heavy (non-hydrogen) atoms. The smallest absolute Gasteiger partial charge is 0.421 e.